The van der Waals surface area contributed by atoms with Gasteiger partial charge in [0.15, 0.2) is 0 Å². The molecule has 4 rings (SSSR count). The predicted octanol–water partition coefficient (Wildman–Crippen LogP) is 0.594. The number of carboxylic acid groups (broad SMARTS) is 1. The van der Waals surface area contributed by atoms with Gasteiger partial charge in [-0.15, -0.1) is 0 Å². The summed E-state index contributed by atoms with van der Waals surface area (Å²) in [6, 6.07) is 3.12. The van der Waals surface area contributed by atoms with Crippen molar-refractivity contribution in [3.63, 3.8) is 0 Å². The zero-order valence-electron chi connectivity index (χ0n) is 20.0. The highest BCUT2D eigenvalue weighted by atomic mass is 28.1. The Morgan fingerprint density at radius 1 is 1.31 bits per heavy atom. The molecule has 0 spiro atoms. The maximum Gasteiger partial charge on any atom is 0.410 e. The van der Waals surface area contributed by atoms with Crippen LogP contribution in [0, 0.1) is 0 Å². The van der Waals surface area contributed by atoms with Crippen LogP contribution in [0.15, 0.2) is 12.1 Å². The number of anilines is 1. The van der Waals surface area contributed by atoms with Crippen molar-refractivity contribution >= 4 is 39.8 Å². The van der Waals surface area contributed by atoms with Crippen molar-refractivity contribution in [1.29, 1.82) is 0 Å². The Morgan fingerprint density at radius 3 is 2.71 bits per heavy atom. The molecule has 0 aromatic heterocycles. The van der Waals surface area contributed by atoms with Crippen LogP contribution in [0.1, 0.15) is 49.5 Å². The average molecular weight is 502 g/mol. The molecule has 35 heavy (non-hydrogen) atoms. The number of nitrogens with one attached hydrogen (secondary N) is 2. The number of piperazine rings is 1. The van der Waals surface area contributed by atoms with E-state index in [2.05, 4.69) is 25.8 Å². The van der Waals surface area contributed by atoms with Crippen LogP contribution < -0.4 is 20.3 Å². The van der Waals surface area contributed by atoms with E-state index in [1.807, 2.05) is 20.8 Å². The number of imide groups is 1. The van der Waals surface area contributed by atoms with E-state index < -0.39 is 22.6 Å². The molecule has 1 aromatic carbocycles. The molecular weight excluding hydrogens is 472 g/mol. The molecular formula is C23H29N4O7Si. The Labute approximate surface area is 206 Å². The molecule has 2 fully saturated rings. The first-order valence-electron chi connectivity index (χ1n) is 11.5. The Hall–Kier alpha value is -3.12. The number of fused-ring (bicyclic) bond motifs is 3. The summed E-state index contributed by atoms with van der Waals surface area (Å²) in [5.41, 5.74) is 0.613. The minimum Gasteiger partial charge on any atom is -0.489 e. The molecule has 3 aliphatic rings. The highest BCUT2D eigenvalue weighted by Gasteiger charge is 2.40. The summed E-state index contributed by atoms with van der Waals surface area (Å²) in [6.07, 6.45) is 0.00321. The molecule has 3 aliphatic heterocycles. The molecule has 1 aromatic rings. The Balaban J connectivity index is 1.55. The van der Waals surface area contributed by atoms with Crippen LogP contribution in [0.5, 0.6) is 5.75 Å². The summed E-state index contributed by atoms with van der Waals surface area (Å²) in [4.78, 5) is 52.2. The largest absolute Gasteiger partial charge is 0.489 e. The maximum atomic E-state index is 12.5. The van der Waals surface area contributed by atoms with Gasteiger partial charge in [-0.05, 0) is 39.3 Å². The molecule has 3 amide bonds. The maximum absolute atomic E-state index is 12.5. The third-order valence-electron chi connectivity index (χ3n) is 6.27. The Kier molecular flexibility index (Phi) is 6.53. The fraction of sp³-hybridized carbons (Fsp3) is 0.565. The van der Waals surface area contributed by atoms with Crippen molar-refractivity contribution in [3.05, 3.63) is 23.3 Å². The molecule has 0 saturated carbocycles. The first-order chi connectivity index (χ1) is 16.4. The van der Waals surface area contributed by atoms with Gasteiger partial charge >= 0.3 is 12.1 Å². The number of carbonyl (C=O) groups excluding carboxylic acids is 3. The van der Waals surface area contributed by atoms with Crippen LogP contribution in [0.4, 0.5) is 10.5 Å². The summed E-state index contributed by atoms with van der Waals surface area (Å²) in [6.45, 7) is 7.16. The fourth-order valence-corrected chi connectivity index (χ4v) is 4.76. The average Bonchev–Trinajstić information content (AvgIpc) is 2.78. The van der Waals surface area contributed by atoms with Gasteiger partial charge in [-0.1, -0.05) is 0 Å². The number of ether oxygens (including phenoxy) is 2. The summed E-state index contributed by atoms with van der Waals surface area (Å²) in [5, 5.41) is 13.9. The molecule has 2 atom stereocenters. The van der Waals surface area contributed by atoms with Crippen molar-refractivity contribution in [1.82, 2.24) is 15.5 Å². The zero-order chi connectivity index (χ0) is 25.5. The lowest BCUT2D eigenvalue weighted by Gasteiger charge is -2.46. The summed E-state index contributed by atoms with van der Waals surface area (Å²) in [5.74, 6) is -1.56. The third-order valence-corrected chi connectivity index (χ3v) is 6.92. The number of hydrogen-bond acceptors (Lipinski definition) is 8. The fourth-order valence-electron chi connectivity index (χ4n) is 4.48. The van der Waals surface area contributed by atoms with E-state index in [9.17, 15) is 24.3 Å². The number of carbonyl (C=O) groups is 4. The van der Waals surface area contributed by atoms with Crippen LogP contribution in [-0.2, 0) is 20.9 Å². The highest BCUT2D eigenvalue weighted by molar-refractivity contribution is 6.30. The van der Waals surface area contributed by atoms with E-state index in [1.54, 1.807) is 11.0 Å². The summed E-state index contributed by atoms with van der Waals surface area (Å²) in [7, 11) is 3.44. The van der Waals surface area contributed by atoms with Crippen LogP contribution in [0.25, 0.3) is 0 Å². The summed E-state index contributed by atoms with van der Waals surface area (Å²) < 4.78 is 11.6. The van der Waals surface area contributed by atoms with Crippen molar-refractivity contribution in [2.75, 3.05) is 31.1 Å². The molecule has 12 heteroatoms. The standard InChI is InChI=1S/C23H29N4O7Si/c1-22(2,3)34-21(32)26-8-9-27-13(11-26)12-33-18-15(14(19(29)30)4-5-16(18)27)10-24-23(35)7-6-17(28)25-20(23)31/h4-5,13,24H,6-12H2,1-3H3,(H,29,30)(H,25,28,31)/t13-,23?/m0/s1. The SMILES string of the molecule is CC(C)(C)OC(=O)N1CCN2c3ccc(C(=O)O)c(CNC4([Si])CCC(=O)NC4=O)c3OC[C@@H]2C1. The van der Waals surface area contributed by atoms with Gasteiger partial charge < -0.3 is 29.7 Å². The lowest BCUT2D eigenvalue weighted by atomic mass is 9.99. The second-order valence-electron chi connectivity index (χ2n) is 9.97. The van der Waals surface area contributed by atoms with Gasteiger partial charge in [-0.3, -0.25) is 14.9 Å². The van der Waals surface area contributed by atoms with Gasteiger partial charge in [0, 0.05) is 38.2 Å². The van der Waals surface area contributed by atoms with E-state index in [0.29, 0.717) is 30.9 Å². The quantitative estimate of drug-likeness (QED) is 0.400. The Morgan fingerprint density at radius 2 is 2.06 bits per heavy atom. The topological polar surface area (TPSA) is 138 Å². The van der Waals surface area contributed by atoms with Crippen molar-refractivity contribution < 1.29 is 33.8 Å². The lowest BCUT2D eigenvalue weighted by molar-refractivity contribution is -0.136. The van der Waals surface area contributed by atoms with Gasteiger partial charge in [0.1, 0.15) is 18.0 Å². The van der Waals surface area contributed by atoms with Crippen LogP contribution in [0.2, 0.25) is 0 Å². The molecule has 187 valence electrons. The molecule has 11 nitrogen and oxygen atoms in total. The number of hydrogen-bond donors (Lipinski definition) is 3. The van der Waals surface area contributed by atoms with E-state index in [-0.39, 0.29) is 49.6 Å². The predicted molar refractivity (Wildman–Crippen MR) is 126 cm³/mol. The van der Waals surface area contributed by atoms with E-state index in [1.165, 1.54) is 6.07 Å². The van der Waals surface area contributed by atoms with E-state index in [0.717, 1.165) is 5.69 Å². The molecule has 3 radical (unpaired) electrons. The van der Waals surface area contributed by atoms with Crippen LogP contribution in [0.3, 0.4) is 0 Å². The first kappa shape index (κ1) is 25.0. The van der Waals surface area contributed by atoms with E-state index >= 15 is 0 Å². The minimum atomic E-state index is -1.21. The number of piperidine rings is 1. The Bertz CT molecular complexity index is 1070. The van der Waals surface area contributed by atoms with Crippen LogP contribution in [-0.4, -0.2) is 87.2 Å². The monoisotopic (exact) mass is 501 g/mol. The number of amides is 3. The lowest BCUT2D eigenvalue weighted by Crippen LogP contribution is -2.62. The highest BCUT2D eigenvalue weighted by Crippen LogP contribution is 2.40. The summed E-state index contributed by atoms with van der Waals surface area (Å²) >= 11 is 0. The van der Waals surface area contributed by atoms with Gasteiger partial charge in [0.2, 0.25) is 11.8 Å². The molecule has 2 saturated heterocycles. The number of aromatic carboxylic acids is 1. The minimum absolute atomic E-state index is 0.0262. The van der Waals surface area contributed by atoms with Gasteiger partial charge in [-0.25, -0.2) is 9.59 Å². The first-order valence-corrected chi connectivity index (χ1v) is 12.0. The molecule has 3 heterocycles. The molecule has 0 aliphatic carbocycles. The van der Waals surface area contributed by atoms with Gasteiger partial charge in [0.05, 0.1) is 32.7 Å². The van der Waals surface area contributed by atoms with Crippen molar-refractivity contribution in [2.24, 2.45) is 0 Å². The van der Waals surface area contributed by atoms with Crippen LogP contribution >= 0.6 is 0 Å². The number of benzene rings is 1. The second kappa shape index (κ2) is 9.15. The molecule has 0 bridgehead atoms. The number of rotatable bonds is 4. The normalized spacial score (nSPS) is 24.2. The van der Waals surface area contributed by atoms with Crippen molar-refractivity contribution in [3.8, 4) is 5.75 Å². The van der Waals surface area contributed by atoms with Crippen molar-refractivity contribution in [2.45, 2.75) is 57.0 Å². The van der Waals surface area contributed by atoms with Gasteiger partial charge in [0.25, 0.3) is 0 Å². The number of nitrogens with zero attached hydrogens (tertiary/aromatic N) is 2. The smallest absolute Gasteiger partial charge is 0.410 e. The zero-order valence-corrected chi connectivity index (χ0v) is 21.0. The molecule has 3 N–H and O–H groups in total. The molecule has 1 unspecified atom stereocenters. The number of carboxylic acids is 1. The second-order valence-corrected chi connectivity index (χ2v) is 10.8. The van der Waals surface area contributed by atoms with Gasteiger partial charge in [-0.2, -0.15) is 0 Å². The van der Waals surface area contributed by atoms with E-state index in [4.69, 9.17) is 9.47 Å². The third kappa shape index (κ3) is 5.13.